The number of hydrogen-bond donors (Lipinski definition) is 2. The zero-order valence-electron chi connectivity index (χ0n) is 10.6. The number of sulfonamides is 1. The molecule has 1 heterocycles. The van der Waals surface area contributed by atoms with Crippen molar-refractivity contribution >= 4 is 16.0 Å². The van der Waals surface area contributed by atoms with E-state index in [0.717, 1.165) is 0 Å². The summed E-state index contributed by atoms with van der Waals surface area (Å²) in [6.07, 6.45) is 0.681. The SMILES string of the molecule is CCCNS(=O)(=O)c1c(C)nn(CC(=O)O)c1C. The van der Waals surface area contributed by atoms with E-state index in [-0.39, 0.29) is 11.4 Å². The average Bonchev–Trinajstić information content (AvgIpc) is 2.51. The molecule has 1 aromatic rings. The van der Waals surface area contributed by atoms with Gasteiger partial charge in [-0.2, -0.15) is 5.10 Å². The molecule has 0 aliphatic rings. The second-order valence-corrected chi connectivity index (χ2v) is 5.65. The zero-order valence-corrected chi connectivity index (χ0v) is 11.4. The van der Waals surface area contributed by atoms with E-state index >= 15 is 0 Å². The number of rotatable bonds is 6. The van der Waals surface area contributed by atoms with Gasteiger partial charge in [0, 0.05) is 6.54 Å². The molecule has 8 heteroatoms. The van der Waals surface area contributed by atoms with Crippen LogP contribution in [0.1, 0.15) is 24.7 Å². The molecule has 7 nitrogen and oxygen atoms in total. The van der Waals surface area contributed by atoms with Gasteiger partial charge in [-0.1, -0.05) is 6.92 Å². The van der Waals surface area contributed by atoms with Crippen LogP contribution in [0.2, 0.25) is 0 Å². The Bertz CT molecular complexity index is 548. The number of carboxylic acid groups (broad SMARTS) is 1. The smallest absolute Gasteiger partial charge is 0.325 e. The van der Waals surface area contributed by atoms with Gasteiger partial charge in [-0.05, 0) is 20.3 Å². The fourth-order valence-corrected chi connectivity index (χ4v) is 3.20. The molecule has 102 valence electrons. The Balaban J connectivity index is 3.17. The first-order chi connectivity index (χ1) is 8.29. The summed E-state index contributed by atoms with van der Waals surface area (Å²) in [6.45, 7) is 4.94. The van der Waals surface area contributed by atoms with Crippen molar-refractivity contribution in [3.63, 3.8) is 0 Å². The molecule has 18 heavy (non-hydrogen) atoms. The molecule has 0 bridgehead atoms. The minimum Gasteiger partial charge on any atom is -0.480 e. The van der Waals surface area contributed by atoms with Crippen LogP contribution in [0.15, 0.2) is 4.90 Å². The third kappa shape index (κ3) is 3.08. The average molecular weight is 275 g/mol. The second-order valence-electron chi connectivity index (χ2n) is 3.95. The van der Waals surface area contributed by atoms with Crippen LogP contribution in [-0.2, 0) is 21.4 Å². The van der Waals surface area contributed by atoms with Crippen molar-refractivity contribution in [3.05, 3.63) is 11.4 Å². The van der Waals surface area contributed by atoms with Crippen molar-refractivity contribution in [2.24, 2.45) is 0 Å². The Kier molecular flexibility index (Phi) is 4.47. The molecule has 0 atom stereocenters. The van der Waals surface area contributed by atoms with Crippen molar-refractivity contribution < 1.29 is 18.3 Å². The number of aromatic nitrogens is 2. The van der Waals surface area contributed by atoms with Crippen LogP contribution in [0.25, 0.3) is 0 Å². The number of aryl methyl sites for hydroxylation is 1. The second kappa shape index (κ2) is 5.49. The highest BCUT2D eigenvalue weighted by Gasteiger charge is 2.24. The van der Waals surface area contributed by atoms with Gasteiger partial charge in [-0.3, -0.25) is 9.48 Å². The maximum atomic E-state index is 12.0. The molecule has 0 saturated heterocycles. The third-order valence-electron chi connectivity index (χ3n) is 2.41. The number of carboxylic acids is 1. The fourth-order valence-electron chi connectivity index (χ4n) is 1.66. The fraction of sp³-hybridized carbons (Fsp3) is 0.600. The Hall–Kier alpha value is -1.41. The molecule has 0 aromatic carbocycles. The van der Waals surface area contributed by atoms with Gasteiger partial charge in [0.2, 0.25) is 10.0 Å². The largest absolute Gasteiger partial charge is 0.480 e. The Morgan fingerprint density at radius 1 is 1.44 bits per heavy atom. The van der Waals surface area contributed by atoms with Crippen LogP contribution in [0.5, 0.6) is 0 Å². The molecule has 0 aliphatic carbocycles. The van der Waals surface area contributed by atoms with Crippen molar-refractivity contribution in [3.8, 4) is 0 Å². The topological polar surface area (TPSA) is 101 Å². The monoisotopic (exact) mass is 275 g/mol. The molecule has 2 N–H and O–H groups in total. The van der Waals surface area contributed by atoms with Crippen LogP contribution in [0.4, 0.5) is 0 Å². The first-order valence-corrected chi connectivity index (χ1v) is 7.03. The number of aliphatic carboxylic acids is 1. The molecule has 1 aromatic heterocycles. The summed E-state index contributed by atoms with van der Waals surface area (Å²) < 4.78 is 27.7. The maximum Gasteiger partial charge on any atom is 0.325 e. The van der Waals surface area contributed by atoms with Crippen molar-refractivity contribution in [2.75, 3.05) is 6.54 Å². The molecular formula is C10H17N3O4S. The van der Waals surface area contributed by atoms with E-state index in [1.54, 1.807) is 13.8 Å². The summed E-state index contributed by atoms with van der Waals surface area (Å²) in [5, 5.41) is 12.7. The van der Waals surface area contributed by atoms with E-state index in [2.05, 4.69) is 9.82 Å². The lowest BCUT2D eigenvalue weighted by molar-refractivity contribution is -0.137. The highest BCUT2D eigenvalue weighted by Crippen LogP contribution is 2.19. The highest BCUT2D eigenvalue weighted by atomic mass is 32.2. The highest BCUT2D eigenvalue weighted by molar-refractivity contribution is 7.89. The van der Waals surface area contributed by atoms with E-state index < -0.39 is 16.0 Å². The molecule has 1 rings (SSSR count). The molecule has 0 aliphatic heterocycles. The molecule has 0 unspecified atom stereocenters. The molecule has 0 amide bonds. The summed E-state index contributed by atoms with van der Waals surface area (Å²) >= 11 is 0. The predicted molar refractivity (Wildman–Crippen MR) is 64.8 cm³/mol. The van der Waals surface area contributed by atoms with Gasteiger partial charge < -0.3 is 5.11 Å². The number of carbonyl (C=O) groups is 1. The zero-order chi connectivity index (χ0) is 13.9. The predicted octanol–water partition coefficient (Wildman–Crippen LogP) is 0.273. The molecule has 0 radical (unpaired) electrons. The number of nitrogens with zero attached hydrogens (tertiary/aromatic N) is 2. The van der Waals surface area contributed by atoms with Gasteiger partial charge in [-0.15, -0.1) is 0 Å². The lowest BCUT2D eigenvalue weighted by atomic mass is 10.4. The van der Waals surface area contributed by atoms with Crippen molar-refractivity contribution in [1.29, 1.82) is 0 Å². The number of nitrogens with one attached hydrogen (secondary N) is 1. The maximum absolute atomic E-state index is 12.0. The minimum atomic E-state index is -3.62. The van der Waals surface area contributed by atoms with Crippen LogP contribution in [-0.4, -0.2) is 35.8 Å². The van der Waals surface area contributed by atoms with E-state index in [9.17, 15) is 13.2 Å². The summed E-state index contributed by atoms with van der Waals surface area (Å²) in [5.74, 6) is -1.06. The first kappa shape index (κ1) is 14.7. The van der Waals surface area contributed by atoms with Gasteiger partial charge in [0.25, 0.3) is 0 Å². The van der Waals surface area contributed by atoms with Gasteiger partial charge in [0.15, 0.2) is 0 Å². The van der Waals surface area contributed by atoms with Gasteiger partial charge in [-0.25, -0.2) is 13.1 Å². The van der Waals surface area contributed by atoms with E-state index in [4.69, 9.17) is 5.11 Å². The number of hydrogen-bond acceptors (Lipinski definition) is 4. The van der Waals surface area contributed by atoms with E-state index in [1.165, 1.54) is 4.68 Å². The molecule has 0 spiro atoms. The van der Waals surface area contributed by atoms with Gasteiger partial charge >= 0.3 is 5.97 Å². The normalized spacial score (nSPS) is 11.7. The summed E-state index contributed by atoms with van der Waals surface area (Å²) in [6, 6.07) is 0. The van der Waals surface area contributed by atoms with Gasteiger partial charge in [0.1, 0.15) is 11.4 Å². The third-order valence-corrected chi connectivity index (χ3v) is 4.12. The summed E-state index contributed by atoms with van der Waals surface area (Å²) in [7, 11) is -3.62. The van der Waals surface area contributed by atoms with Crippen molar-refractivity contribution in [2.45, 2.75) is 38.6 Å². The summed E-state index contributed by atoms with van der Waals surface area (Å²) in [5.41, 5.74) is 0.635. The summed E-state index contributed by atoms with van der Waals surface area (Å²) in [4.78, 5) is 10.7. The first-order valence-electron chi connectivity index (χ1n) is 5.55. The standard InChI is InChI=1S/C10H17N3O4S/c1-4-5-11-18(16,17)10-7(2)12-13(8(10)3)6-9(14)15/h11H,4-6H2,1-3H3,(H,14,15). The van der Waals surface area contributed by atoms with E-state index in [0.29, 0.717) is 24.4 Å². The Labute approximate surface area is 106 Å². The van der Waals surface area contributed by atoms with Crippen LogP contribution >= 0.6 is 0 Å². The molecule has 0 fully saturated rings. The Morgan fingerprint density at radius 3 is 2.56 bits per heavy atom. The molecular weight excluding hydrogens is 258 g/mol. The minimum absolute atomic E-state index is 0.0669. The lowest BCUT2D eigenvalue weighted by Crippen LogP contribution is -2.25. The lowest BCUT2D eigenvalue weighted by Gasteiger charge is -2.06. The van der Waals surface area contributed by atoms with Crippen LogP contribution in [0, 0.1) is 13.8 Å². The van der Waals surface area contributed by atoms with Crippen LogP contribution in [0.3, 0.4) is 0 Å². The van der Waals surface area contributed by atoms with Gasteiger partial charge in [0.05, 0.1) is 11.4 Å². The van der Waals surface area contributed by atoms with E-state index in [1.807, 2.05) is 6.92 Å². The molecule has 0 saturated carbocycles. The van der Waals surface area contributed by atoms with Crippen LogP contribution < -0.4 is 4.72 Å². The Morgan fingerprint density at radius 2 is 2.06 bits per heavy atom. The van der Waals surface area contributed by atoms with Crippen molar-refractivity contribution in [1.82, 2.24) is 14.5 Å². The quantitative estimate of drug-likeness (QED) is 0.776.